The van der Waals surface area contributed by atoms with Crippen LogP contribution in [-0.4, -0.2) is 38.2 Å². The summed E-state index contributed by atoms with van der Waals surface area (Å²) in [5.41, 5.74) is 4.18. The smallest absolute Gasteiger partial charge is 0.224 e. The van der Waals surface area contributed by atoms with Crippen LogP contribution in [0.2, 0.25) is 0 Å². The van der Waals surface area contributed by atoms with E-state index in [9.17, 15) is 9.59 Å². The molecule has 3 heterocycles. The Labute approximate surface area is 153 Å². The molecule has 1 unspecified atom stereocenters. The zero-order valence-corrected chi connectivity index (χ0v) is 16.4. The van der Waals surface area contributed by atoms with E-state index in [2.05, 4.69) is 20.7 Å². The highest BCUT2D eigenvalue weighted by molar-refractivity contribution is 5.87. The minimum absolute atomic E-state index is 0.0360. The van der Waals surface area contributed by atoms with E-state index in [-0.39, 0.29) is 24.3 Å². The van der Waals surface area contributed by atoms with Crippen LogP contribution >= 0.6 is 0 Å². The molecule has 0 aliphatic carbocycles. The van der Waals surface area contributed by atoms with Gasteiger partial charge in [0.2, 0.25) is 11.8 Å². The number of hydrogen-bond donors (Lipinski definition) is 2. The van der Waals surface area contributed by atoms with Gasteiger partial charge in [0.15, 0.2) is 5.65 Å². The van der Waals surface area contributed by atoms with E-state index in [1.807, 2.05) is 41.7 Å². The van der Waals surface area contributed by atoms with E-state index < -0.39 is 5.54 Å². The van der Waals surface area contributed by atoms with Crippen LogP contribution in [-0.2, 0) is 23.1 Å². The minimum atomic E-state index is -0.447. The highest BCUT2D eigenvalue weighted by Gasteiger charge is 2.36. The Balaban J connectivity index is 1.84. The lowest BCUT2D eigenvalue weighted by atomic mass is 9.86. The molecule has 0 saturated carbocycles. The molecule has 0 bridgehead atoms. The summed E-state index contributed by atoms with van der Waals surface area (Å²) < 4.78 is 1.78. The zero-order chi connectivity index (χ0) is 19.2. The maximum Gasteiger partial charge on any atom is 0.224 e. The second kappa shape index (κ2) is 6.37. The van der Waals surface area contributed by atoms with Crippen LogP contribution in [0.15, 0.2) is 0 Å². The van der Waals surface area contributed by atoms with Crippen LogP contribution in [0, 0.1) is 20.8 Å². The lowest BCUT2D eigenvalue weighted by Gasteiger charge is -2.39. The highest BCUT2D eigenvalue weighted by atomic mass is 16.2. The fourth-order valence-corrected chi connectivity index (χ4v) is 3.93. The topological polar surface area (TPSA) is 88.9 Å². The van der Waals surface area contributed by atoms with Crippen molar-refractivity contribution in [1.29, 1.82) is 0 Å². The predicted octanol–water partition coefficient (Wildman–Crippen LogP) is 1.61. The Hall–Kier alpha value is -2.44. The van der Waals surface area contributed by atoms with Crippen LogP contribution in [0.25, 0.3) is 11.0 Å². The summed E-state index contributed by atoms with van der Waals surface area (Å²) in [5, 5.41) is 11.5. The molecule has 2 N–H and O–H groups in total. The molecule has 1 atom stereocenters. The van der Waals surface area contributed by atoms with E-state index in [4.69, 9.17) is 0 Å². The molecule has 3 rings (SSSR count). The van der Waals surface area contributed by atoms with Gasteiger partial charge in [-0.1, -0.05) is 0 Å². The summed E-state index contributed by atoms with van der Waals surface area (Å²) in [7, 11) is 1.88. The van der Waals surface area contributed by atoms with E-state index >= 15 is 0 Å². The first kappa shape index (κ1) is 18.4. The molecule has 2 amide bonds. The molecule has 1 fully saturated rings. The quantitative estimate of drug-likeness (QED) is 0.873. The molecule has 140 valence electrons. The van der Waals surface area contributed by atoms with E-state index in [0.717, 1.165) is 33.5 Å². The lowest BCUT2D eigenvalue weighted by Crippen LogP contribution is -2.62. The Morgan fingerprint density at radius 2 is 2.00 bits per heavy atom. The number of aryl methyl sites for hydroxylation is 4. The average Bonchev–Trinajstić information content (AvgIpc) is 2.80. The number of carbonyl (C=O) groups is 2. The maximum atomic E-state index is 12.7. The number of carbonyl (C=O) groups excluding carboxylic acids is 2. The molecule has 1 aliphatic heterocycles. The molecule has 7 heteroatoms. The van der Waals surface area contributed by atoms with Crippen molar-refractivity contribution in [3.63, 3.8) is 0 Å². The Morgan fingerprint density at radius 3 is 2.65 bits per heavy atom. The van der Waals surface area contributed by atoms with Gasteiger partial charge in [-0.2, -0.15) is 5.10 Å². The predicted molar refractivity (Wildman–Crippen MR) is 99.8 cm³/mol. The van der Waals surface area contributed by atoms with E-state index in [0.29, 0.717) is 12.8 Å². The first-order chi connectivity index (χ1) is 12.1. The zero-order valence-electron chi connectivity index (χ0n) is 16.4. The SMILES string of the molecule is Cc1nc2c(c(C)nn2C)c(C)c1CC(=O)NC1CCC(=O)NC1(C)C. The van der Waals surface area contributed by atoms with Crippen molar-refractivity contribution in [3.05, 3.63) is 22.5 Å². The molecule has 0 aromatic carbocycles. The van der Waals surface area contributed by atoms with Gasteiger partial charge in [0, 0.05) is 24.5 Å². The van der Waals surface area contributed by atoms with Crippen LogP contribution in [0.5, 0.6) is 0 Å². The van der Waals surface area contributed by atoms with Gasteiger partial charge in [-0.15, -0.1) is 0 Å². The highest BCUT2D eigenvalue weighted by Crippen LogP contribution is 2.26. The molecule has 1 saturated heterocycles. The molecule has 26 heavy (non-hydrogen) atoms. The summed E-state index contributed by atoms with van der Waals surface area (Å²) in [6.07, 6.45) is 1.37. The molecule has 0 spiro atoms. The molecular formula is C19H27N5O2. The summed E-state index contributed by atoms with van der Waals surface area (Å²) >= 11 is 0. The molecule has 0 radical (unpaired) electrons. The van der Waals surface area contributed by atoms with Crippen molar-refractivity contribution in [1.82, 2.24) is 25.4 Å². The van der Waals surface area contributed by atoms with Gasteiger partial charge in [0.1, 0.15) is 0 Å². The van der Waals surface area contributed by atoms with E-state index in [1.165, 1.54) is 0 Å². The van der Waals surface area contributed by atoms with Gasteiger partial charge < -0.3 is 10.6 Å². The monoisotopic (exact) mass is 357 g/mol. The number of aromatic nitrogens is 3. The molecule has 1 aliphatic rings. The largest absolute Gasteiger partial charge is 0.351 e. The fraction of sp³-hybridized carbons (Fsp3) is 0.579. The van der Waals surface area contributed by atoms with Crippen LogP contribution < -0.4 is 10.6 Å². The van der Waals surface area contributed by atoms with Crippen molar-refractivity contribution in [3.8, 4) is 0 Å². The van der Waals surface area contributed by atoms with Crippen molar-refractivity contribution in [2.75, 3.05) is 0 Å². The normalized spacial score (nSPS) is 19.5. The van der Waals surface area contributed by atoms with Crippen molar-refractivity contribution in [2.45, 2.75) is 65.5 Å². The van der Waals surface area contributed by atoms with Gasteiger partial charge in [-0.3, -0.25) is 14.3 Å². The molecule has 2 aromatic heterocycles. The Kier molecular flexibility index (Phi) is 4.50. The average molecular weight is 357 g/mol. The number of pyridine rings is 1. The Bertz CT molecular complexity index is 897. The molecular weight excluding hydrogens is 330 g/mol. The van der Waals surface area contributed by atoms with Gasteiger partial charge in [0.05, 0.1) is 23.7 Å². The van der Waals surface area contributed by atoms with Crippen LogP contribution in [0.3, 0.4) is 0 Å². The van der Waals surface area contributed by atoms with Gasteiger partial charge in [0.25, 0.3) is 0 Å². The maximum absolute atomic E-state index is 12.7. The third kappa shape index (κ3) is 3.18. The van der Waals surface area contributed by atoms with E-state index in [1.54, 1.807) is 4.68 Å². The standard InChI is InChI=1S/C19H27N5O2/c1-10-13(11(2)20-18-17(10)12(3)23-24(18)6)9-16(26)21-14-7-8-15(25)22-19(14,4)5/h14H,7-9H2,1-6H3,(H,21,26)(H,22,25). The first-order valence-electron chi connectivity index (χ1n) is 9.00. The van der Waals surface area contributed by atoms with Gasteiger partial charge in [-0.25, -0.2) is 4.98 Å². The summed E-state index contributed by atoms with van der Waals surface area (Å²) in [5.74, 6) is -0.0120. The van der Waals surface area contributed by atoms with Crippen molar-refractivity contribution >= 4 is 22.8 Å². The van der Waals surface area contributed by atoms with Crippen LogP contribution in [0.1, 0.15) is 49.2 Å². The fourth-order valence-electron chi connectivity index (χ4n) is 3.93. The summed E-state index contributed by atoms with van der Waals surface area (Å²) in [6, 6.07) is -0.0786. The Morgan fingerprint density at radius 1 is 1.31 bits per heavy atom. The number of hydrogen-bond acceptors (Lipinski definition) is 4. The minimum Gasteiger partial charge on any atom is -0.351 e. The van der Waals surface area contributed by atoms with Crippen molar-refractivity contribution in [2.24, 2.45) is 7.05 Å². The number of nitrogens with zero attached hydrogens (tertiary/aromatic N) is 3. The number of fused-ring (bicyclic) bond motifs is 1. The van der Waals surface area contributed by atoms with Gasteiger partial charge >= 0.3 is 0 Å². The lowest BCUT2D eigenvalue weighted by molar-refractivity contribution is -0.128. The third-order valence-corrected chi connectivity index (χ3v) is 5.40. The van der Waals surface area contributed by atoms with Gasteiger partial charge in [-0.05, 0) is 52.2 Å². The second-order valence-corrected chi connectivity index (χ2v) is 7.81. The summed E-state index contributed by atoms with van der Waals surface area (Å²) in [4.78, 5) is 29.0. The number of piperidine rings is 1. The second-order valence-electron chi connectivity index (χ2n) is 7.81. The first-order valence-corrected chi connectivity index (χ1v) is 9.00. The summed E-state index contributed by atoms with van der Waals surface area (Å²) in [6.45, 7) is 9.81. The third-order valence-electron chi connectivity index (χ3n) is 5.40. The number of amides is 2. The van der Waals surface area contributed by atoms with Crippen molar-refractivity contribution < 1.29 is 9.59 Å². The molecule has 7 nitrogen and oxygen atoms in total. The number of nitrogens with one attached hydrogen (secondary N) is 2. The molecule has 2 aromatic rings. The van der Waals surface area contributed by atoms with Crippen LogP contribution in [0.4, 0.5) is 0 Å². The number of rotatable bonds is 3.